The molecule has 0 saturated heterocycles. The second-order valence-electron chi connectivity index (χ2n) is 4.15. The van der Waals surface area contributed by atoms with Gasteiger partial charge in [-0.3, -0.25) is 0 Å². The van der Waals surface area contributed by atoms with Crippen molar-refractivity contribution in [1.29, 1.82) is 0 Å². The molecule has 0 radical (unpaired) electrons. The molecule has 0 saturated carbocycles. The van der Waals surface area contributed by atoms with Gasteiger partial charge in [-0.15, -0.1) is 13.2 Å². The first kappa shape index (κ1) is 15.0. The SMILES string of the molecule is COc1cc(-c2ccc(OC(F)(F)F)cc2)cc(F)c1N. The van der Waals surface area contributed by atoms with Gasteiger partial charge in [0.15, 0.2) is 5.82 Å². The monoisotopic (exact) mass is 301 g/mol. The number of hydrogen-bond acceptors (Lipinski definition) is 3. The number of nitrogens with two attached hydrogens (primary N) is 1. The van der Waals surface area contributed by atoms with Gasteiger partial charge in [-0.05, 0) is 35.4 Å². The fraction of sp³-hybridized carbons (Fsp3) is 0.143. The Morgan fingerprint density at radius 3 is 2.14 bits per heavy atom. The first-order valence-corrected chi connectivity index (χ1v) is 5.79. The molecule has 0 aromatic heterocycles. The Balaban J connectivity index is 2.33. The van der Waals surface area contributed by atoms with E-state index >= 15 is 0 Å². The molecule has 7 heteroatoms. The lowest BCUT2D eigenvalue weighted by molar-refractivity contribution is -0.274. The minimum atomic E-state index is -4.75. The summed E-state index contributed by atoms with van der Waals surface area (Å²) in [5.41, 5.74) is 6.29. The van der Waals surface area contributed by atoms with Crippen LogP contribution >= 0.6 is 0 Å². The van der Waals surface area contributed by atoms with Gasteiger partial charge < -0.3 is 15.2 Å². The molecule has 2 rings (SSSR count). The van der Waals surface area contributed by atoms with E-state index in [9.17, 15) is 17.6 Å². The minimum absolute atomic E-state index is 0.127. The smallest absolute Gasteiger partial charge is 0.494 e. The van der Waals surface area contributed by atoms with Crippen LogP contribution in [0, 0.1) is 5.82 Å². The van der Waals surface area contributed by atoms with Crippen molar-refractivity contribution in [2.24, 2.45) is 0 Å². The fourth-order valence-corrected chi connectivity index (χ4v) is 1.78. The van der Waals surface area contributed by atoms with E-state index in [2.05, 4.69) is 4.74 Å². The lowest BCUT2D eigenvalue weighted by Gasteiger charge is -2.11. The molecule has 2 aromatic carbocycles. The van der Waals surface area contributed by atoms with E-state index in [1.54, 1.807) is 0 Å². The lowest BCUT2D eigenvalue weighted by Crippen LogP contribution is -2.16. The molecule has 0 heterocycles. The fourth-order valence-electron chi connectivity index (χ4n) is 1.78. The van der Waals surface area contributed by atoms with Gasteiger partial charge in [-0.25, -0.2) is 4.39 Å². The number of halogens is 4. The summed E-state index contributed by atoms with van der Waals surface area (Å²) in [7, 11) is 1.34. The number of ether oxygens (including phenoxy) is 2. The maximum absolute atomic E-state index is 13.6. The second kappa shape index (κ2) is 5.51. The molecule has 0 aliphatic heterocycles. The Bertz CT molecular complexity index is 639. The lowest BCUT2D eigenvalue weighted by atomic mass is 10.0. The van der Waals surface area contributed by atoms with E-state index in [4.69, 9.17) is 10.5 Å². The third-order valence-corrected chi connectivity index (χ3v) is 2.73. The van der Waals surface area contributed by atoms with Gasteiger partial charge in [0.2, 0.25) is 0 Å². The van der Waals surface area contributed by atoms with Crippen molar-refractivity contribution < 1.29 is 27.0 Å². The number of rotatable bonds is 3. The van der Waals surface area contributed by atoms with Crippen molar-refractivity contribution in [2.75, 3.05) is 12.8 Å². The summed E-state index contributed by atoms with van der Waals surface area (Å²) in [5.74, 6) is -0.866. The zero-order valence-electron chi connectivity index (χ0n) is 10.9. The number of methoxy groups -OCH3 is 1. The third-order valence-electron chi connectivity index (χ3n) is 2.73. The largest absolute Gasteiger partial charge is 0.573 e. The van der Waals surface area contributed by atoms with Crippen LogP contribution in [0.5, 0.6) is 11.5 Å². The van der Waals surface area contributed by atoms with Gasteiger partial charge in [-0.1, -0.05) is 12.1 Å². The highest BCUT2D eigenvalue weighted by atomic mass is 19.4. The van der Waals surface area contributed by atoms with E-state index in [0.717, 1.165) is 12.1 Å². The molecule has 0 spiro atoms. The predicted octanol–water partition coefficient (Wildman–Crippen LogP) is 3.98. The summed E-state index contributed by atoms with van der Waals surface area (Å²) >= 11 is 0. The van der Waals surface area contributed by atoms with Gasteiger partial charge in [0.25, 0.3) is 0 Å². The zero-order chi connectivity index (χ0) is 15.6. The standard InChI is InChI=1S/C14H11F4NO2/c1-20-12-7-9(6-11(15)13(12)19)8-2-4-10(5-3-8)21-14(16,17)18/h2-7H,19H2,1H3. The molecule has 3 nitrogen and oxygen atoms in total. The molecule has 0 amide bonds. The van der Waals surface area contributed by atoms with E-state index < -0.39 is 12.2 Å². The van der Waals surface area contributed by atoms with Crippen molar-refractivity contribution in [1.82, 2.24) is 0 Å². The molecule has 2 N–H and O–H groups in total. The Kier molecular flexibility index (Phi) is 3.93. The van der Waals surface area contributed by atoms with Crippen LogP contribution < -0.4 is 15.2 Å². The van der Waals surface area contributed by atoms with Crippen molar-refractivity contribution in [3.63, 3.8) is 0 Å². The number of hydrogen-bond donors (Lipinski definition) is 1. The molecular formula is C14H11F4NO2. The van der Waals surface area contributed by atoms with E-state index in [1.165, 1.54) is 31.4 Å². The van der Waals surface area contributed by atoms with Gasteiger partial charge in [0, 0.05) is 0 Å². The molecule has 0 atom stereocenters. The normalized spacial score (nSPS) is 11.3. The Hall–Kier alpha value is -2.44. The van der Waals surface area contributed by atoms with Crippen LogP contribution in [0.25, 0.3) is 11.1 Å². The molecule has 0 unspecified atom stereocenters. The third kappa shape index (κ3) is 3.56. The highest BCUT2D eigenvalue weighted by Crippen LogP contribution is 2.32. The van der Waals surface area contributed by atoms with Crippen molar-refractivity contribution in [2.45, 2.75) is 6.36 Å². The average Bonchev–Trinajstić information content (AvgIpc) is 2.41. The summed E-state index contributed by atoms with van der Waals surface area (Å²) in [5, 5.41) is 0. The van der Waals surface area contributed by atoms with Crippen LogP contribution in [-0.2, 0) is 0 Å². The summed E-state index contributed by atoms with van der Waals surface area (Å²) in [6.07, 6.45) is -4.75. The molecule has 0 aliphatic rings. The van der Waals surface area contributed by atoms with Crippen LogP contribution in [0.2, 0.25) is 0 Å². The second-order valence-corrected chi connectivity index (χ2v) is 4.15. The Labute approximate surface area is 117 Å². The molecule has 0 fully saturated rings. The summed E-state index contributed by atoms with van der Waals surface area (Å²) in [6, 6.07) is 7.72. The maximum atomic E-state index is 13.6. The number of nitrogen functional groups attached to an aromatic ring is 1. The highest BCUT2D eigenvalue weighted by Gasteiger charge is 2.30. The van der Waals surface area contributed by atoms with E-state index in [1.807, 2.05) is 0 Å². The van der Waals surface area contributed by atoms with Crippen LogP contribution in [0.4, 0.5) is 23.2 Å². The topological polar surface area (TPSA) is 44.5 Å². The van der Waals surface area contributed by atoms with Crippen LogP contribution in [0.15, 0.2) is 36.4 Å². The summed E-state index contributed by atoms with van der Waals surface area (Å²) < 4.78 is 58.5. The molecule has 0 aliphatic carbocycles. The van der Waals surface area contributed by atoms with Gasteiger partial charge >= 0.3 is 6.36 Å². The predicted molar refractivity (Wildman–Crippen MR) is 69.5 cm³/mol. The van der Waals surface area contributed by atoms with Crippen molar-refractivity contribution in [3.8, 4) is 22.6 Å². The van der Waals surface area contributed by atoms with Crippen LogP contribution in [-0.4, -0.2) is 13.5 Å². The minimum Gasteiger partial charge on any atom is -0.494 e. The number of anilines is 1. The van der Waals surface area contributed by atoms with Crippen molar-refractivity contribution in [3.05, 3.63) is 42.2 Å². The number of alkyl halides is 3. The number of benzene rings is 2. The quantitative estimate of drug-likeness (QED) is 0.689. The molecular weight excluding hydrogens is 290 g/mol. The Morgan fingerprint density at radius 2 is 1.62 bits per heavy atom. The van der Waals surface area contributed by atoms with E-state index in [0.29, 0.717) is 11.1 Å². The Morgan fingerprint density at radius 1 is 1.00 bits per heavy atom. The van der Waals surface area contributed by atoms with E-state index in [-0.39, 0.29) is 17.2 Å². The van der Waals surface area contributed by atoms with Crippen molar-refractivity contribution >= 4 is 5.69 Å². The summed E-state index contributed by atoms with van der Waals surface area (Å²) in [6.45, 7) is 0. The van der Waals surface area contributed by atoms with Crippen LogP contribution in [0.3, 0.4) is 0 Å². The van der Waals surface area contributed by atoms with Gasteiger partial charge in [0.1, 0.15) is 17.2 Å². The molecule has 0 bridgehead atoms. The first-order valence-electron chi connectivity index (χ1n) is 5.79. The molecule has 21 heavy (non-hydrogen) atoms. The van der Waals surface area contributed by atoms with Gasteiger partial charge in [0.05, 0.1) is 7.11 Å². The van der Waals surface area contributed by atoms with Crippen LogP contribution in [0.1, 0.15) is 0 Å². The zero-order valence-corrected chi connectivity index (χ0v) is 10.9. The first-order chi connectivity index (χ1) is 9.80. The average molecular weight is 301 g/mol. The summed E-state index contributed by atoms with van der Waals surface area (Å²) in [4.78, 5) is 0. The molecule has 112 valence electrons. The highest BCUT2D eigenvalue weighted by molar-refractivity contribution is 5.70. The van der Waals surface area contributed by atoms with Gasteiger partial charge in [-0.2, -0.15) is 0 Å². The maximum Gasteiger partial charge on any atom is 0.573 e. The molecule has 2 aromatic rings.